The number of ether oxygens (including phenoxy) is 2. The predicted octanol–water partition coefficient (Wildman–Crippen LogP) is 9.53. The number of guanidine groups is 1. The Morgan fingerprint density at radius 1 is 1.05 bits per heavy atom. The number of hydrogen-bond donors (Lipinski definition) is 4. The molecule has 3 aromatic carbocycles. The molecular formula is C52H63N3O5. The molecule has 8 nitrogen and oxygen atoms in total. The maximum Gasteiger partial charge on any atom is 0.189 e. The second kappa shape index (κ2) is 18.7. The highest BCUT2D eigenvalue weighted by Gasteiger charge is 2.48. The summed E-state index contributed by atoms with van der Waals surface area (Å²) in [4.78, 5) is 18.1. The van der Waals surface area contributed by atoms with Crippen LogP contribution in [-0.4, -0.2) is 47.8 Å². The number of nitrogens with zero attached hydrogens (tertiary/aromatic N) is 1. The van der Waals surface area contributed by atoms with Crippen molar-refractivity contribution in [1.29, 1.82) is 0 Å². The summed E-state index contributed by atoms with van der Waals surface area (Å²) in [5.41, 5.74) is 15.1. The summed E-state index contributed by atoms with van der Waals surface area (Å²) in [6.07, 6.45) is 16.9. The van der Waals surface area contributed by atoms with Gasteiger partial charge in [-0.1, -0.05) is 80.2 Å². The lowest BCUT2D eigenvalue weighted by Crippen LogP contribution is -2.45. The first kappa shape index (κ1) is 41.7. The molecule has 1 aliphatic heterocycles. The van der Waals surface area contributed by atoms with E-state index in [9.17, 15) is 15.0 Å². The first-order chi connectivity index (χ1) is 29.2. The molecule has 2 saturated carbocycles. The van der Waals surface area contributed by atoms with E-state index in [0.29, 0.717) is 56.5 Å². The minimum atomic E-state index is -0.152. The molecule has 0 aromatic heterocycles. The second-order valence-corrected chi connectivity index (χ2v) is 18.3. The maximum atomic E-state index is 13.3. The van der Waals surface area contributed by atoms with Crippen LogP contribution in [-0.2, 0) is 28.9 Å². The summed E-state index contributed by atoms with van der Waals surface area (Å²) in [6.45, 7) is 5.39. The van der Waals surface area contributed by atoms with Crippen LogP contribution in [0.2, 0.25) is 0 Å². The molecule has 0 amide bonds. The quantitative estimate of drug-likeness (QED) is 0.0914. The summed E-state index contributed by atoms with van der Waals surface area (Å²) in [7, 11) is 1.78. The van der Waals surface area contributed by atoms with Crippen molar-refractivity contribution in [2.45, 2.75) is 128 Å². The molecule has 5 aliphatic rings. The number of ketones is 1. The fourth-order valence-electron chi connectivity index (χ4n) is 11.1. The van der Waals surface area contributed by atoms with Crippen LogP contribution in [0.4, 0.5) is 0 Å². The number of nitrogens with two attached hydrogens (primary N) is 1. The molecule has 4 aliphatic carbocycles. The van der Waals surface area contributed by atoms with Crippen molar-refractivity contribution in [3.8, 4) is 29.1 Å². The number of fused-ring (bicyclic) bond motifs is 10. The Kier molecular flexibility index (Phi) is 13.0. The number of benzene rings is 3. The van der Waals surface area contributed by atoms with E-state index in [4.69, 9.17) is 20.2 Å². The number of allylic oxidation sites excluding steroid dienone is 4. The lowest BCUT2D eigenvalue weighted by Gasteiger charge is -2.50. The van der Waals surface area contributed by atoms with Crippen LogP contribution < -0.4 is 15.8 Å². The SMILES string of the molecule is CCC/C=C/C(=O)CCc1cc(OC2CCCC2)c(O)c2c1C#CC[C@H]1C[C@H]3C=C4[C@@H](C[C@H](C)C[C@@H]4[C@@H]2[C@@H]3COC)c2cc(O)cc(c2)Cc2cccc(c2)CN=C(N)N1. The third kappa shape index (κ3) is 9.32. The van der Waals surface area contributed by atoms with Gasteiger partial charge in [-0.05, 0) is 140 Å². The smallest absolute Gasteiger partial charge is 0.189 e. The molecule has 7 atom stereocenters. The van der Waals surface area contributed by atoms with Crippen molar-refractivity contribution in [3.63, 3.8) is 0 Å². The highest BCUT2D eigenvalue weighted by atomic mass is 16.5. The van der Waals surface area contributed by atoms with Crippen molar-refractivity contribution in [2.24, 2.45) is 34.4 Å². The van der Waals surface area contributed by atoms with Crippen LogP contribution in [0.25, 0.3) is 0 Å². The van der Waals surface area contributed by atoms with Crippen LogP contribution in [0.1, 0.15) is 135 Å². The monoisotopic (exact) mass is 809 g/mol. The number of aliphatic imine (C=N–C) groups is 1. The number of unbranched alkanes of at least 4 members (excludes halogenated alkanes) is 1. The average Bonchev–Trinajstić information content (AvgIpc) is 3.74. The van der Waals surface area contributed by atoms with E-state index in [0.717, 1.165) is 96.7 Å². The lowest BCUT2D eigenvalue weighted by atomic mass is 9.55. The molecule has 1 heterocycles. The molecule has 0 spiro atoms. The topological polar surface area (TPSA) is 126 Å². The number of nitrogens with one attached hydrogen (secondary N) is 1. The van der Waals surface area contributed by atoms with Crippen LogP contribution in [0.15, 0.2) is 77.3 Å². The van der Waals surface area contributed by atoms with E-state index in [1.165, 1.54) is 5.57 Å². The Bertz CT molecular complexity index is 2210. The van der Waals surface area contributed by atoms with Gasteiger partial charge in [0.2, 0.25) is 0 Å². The normalized spacial score (nSPS) is 26.3. The van der Waals surface area contributed by atoms with Crippen molar-refractivity contribution in [2.75, 3.05) is 13.7 Å². The molecule has 8 bridgehead atoms. The number of carbonyl (C=O) groups excluding carboxylic acids is 1. The molecule has 2 fully saturated rings. The van der Waals surface area contributed by atoms with Crippen molar-refractivity contribution >= 4 is 11.7 Å². The van der Waals surface area contributed by atoms with Gasteiger partial charge < -0.3 is 30.7 Å². The Morgan fingerprint density at radius 2 is 1.88 bits per heavy atom. The summed E-state index contributed by atoms with van der Waals surface area (Å²) < 4.78 is 12.9. The van der Waals surface area contributed by atoms with E-state index in [1.807, 2.05) is 24.3 Å². The Morgan fingerprint density at radius 3 is 2.70 bits per heavy atom. The van der Waals surface area contributed by atoms with Crippen LogP contribution in [0, 0.1) is 35.5 Å². The fraction of sp³-hybridized carbons (Fsp3) is 0.500. The summed E-state index contributed by atoms with van der Waals surface area (Å²) in [6, 6.07) is 16.5. The molecular weight excluding hydrogens is 747 g/mol. The average molecular weight is 810 g/mol. The number of hydrogen-bond acceptors (Lipinski definition) is 8. The van der Waals surface area contributed by atoms with Crippen molar-refractivity contribution < 1.29 is 24.5 Å². The zero-order valence-electron chi connectivity index (χ0n) is 35.7. The maximum absolute atomic E-state index is 13.3. The first-order valence-electron chi connectivity index (χ1n) is 22.6. The van der Waals surface area contributed by atoms with Crippen LogP contribution in [0.3, 0.4) is 0 Å². The molecule has 60 heavy (non-hydrogen) atoms. The van der Waals surface area contributed by atoms with Crippen LogP contribution in [0.5, 0.6) is 17.2 Å². The number of aryl methyl sites for hydroxylation is 1. The lowest BCUT2D eigenvalue weighted by molar-refractivity contribution is -0.114. The number of phenols is 2. The minimum Gasteiger partial charge on any atom is -0.508 e. The highest BCUT2D eigenvalue weighted by Crippen LogP contribution is 2.59. The van der Waals surface area contributed by atoms with Gasteiger partial charge in [-0.2, -0.15) is 0 Å². The van der Waals surface area contributed by atoms with Crippen LogP contribution >= 0.6 is 0 Å². The molecule has 0 radical (unpaired) electrons. The van der Waals surface area contributed by atoms with Crippen molar-refractivity contribution in [1.82, 2.24) is 5.32 Å². The van der Waals surface area contributed by atoms with E-state index in [2.05, 4.69) is 67.4 Å². The number of phenolic OH excluding ortho intramolecular Hbond substituents is 2. The molecule has 5 N–H and O–H groups in total. The minimum absolute atomic E-state index is 0.00167. The van der Waals surface area contributed by atoms with Gasteiger partial charge in [0, 0.05) is 49.0 Å². The molecule has 8 heteroatoms. The van der Waals surface area contributed by atoms with E-state index < -0.39 is 0 Å². The molecule has 8 rings (SSSR count). The zero-order valence-corrected chi connectivity index (χ0v) is 35.7. The second-order valence-electron chi connectivity index (χ2n) is 18.3. The van der Waals surface area contributed by atoms with Gasteiger partial charge in [-0.3, -0.25) is 4.79 Å². The number of rotatable bonds is 10. The Hall–Kier alpha value is -5.00. The van der Waals surface area contributed by atoms with E-state index >= 15 is 0 Å². The number of aromatic hydroxyl groups is 2. The fourth-order valence-corrected chi connectivity index (χ4v) is 11.1. The third-order valence-electron chi connectivity index (χ3n) is 13.8. The Labute approximate surface area is 356 Å². The molecule has 316 valence electrons. The van der Waals surface area contributed by atoms with Crippen molar-refractivity contribution in [3.05, 3.63) is 111 Å². The molecule has 0 unspecified atom stereocenters. The summed E-state index contributed by atoms with van der Waals surface area (Å²) >= 11 is 0. The van der Waals surface area contributed by atoms with Gasteiger partial charge in [0.05, 0.1) is 19.3 Å². The van der Waals surface area contributed by atoms with Gasteiger partial charge >= 0.3 is 0 Å². The standard InChI is InChI=1S/C52H63N3O5/c1-4-5-6-14-40(56)19-18-36-29-48(60-42-15-7-8-16-42)51(58)50-43(36)17-10-13-39-26-38-28-45-44(20-32(2)21-46(45)49(50)47(38)31-59-3)37-24-35(25-41(57)27-37)23-33-11-9-12-34(22-33)30-54-52(53)55-39/h6,9,11-12,14,22,24-25,27-29,32,38-39,42,44,46-47,49,57-58H,4-5,7-8,13,15-16,18-21,23,26,30-31H2,1-3H3,(H3,53,54,55)/b14-6+/t32-,38-,39-,44-,46-,47+,49+/m0/s1. The first-order valence-corrected chi connectivity index (χ1v) is 22.6. The van der Waals surface area contributed by atoms with Gasteiger partial charge in [0.1, 0.15) is 5.75 Å². The van der Waals surface area contributed by atoms with Gasteiger partial charge in [0.15, 0.2) is 23.2 Å². The van der Waals surface area contributed by atoms with E-state index in [1.54, 1.807) is 13.2 Å². The number of carbonyl (C=O) groups is 1. The number of methoxy groups -OCH3 is 1. The largest absolute Gasteiger partial charge is 0.508 e. The highest BCUT2D eigenvalue weighted by molar-refractivity contribution is 5.89. The zero-order chi connectivity index (χ0) is 41.8. The van der Waals surface area contributed by atoms with E-state index in [-0.39, 0.29) is 59.0 Å². The van der Waals surface area contributed by atoms with Gasteiger partial charge in [0.25, 0.3) is 0 Å². The Balaban J connectivity index is 1.34. The van der Waals surface area contributed by atoms with Gasteiger partial charge in [-0.25, -0.2) is 4.99 Å². The summed E-state index contributed by atoms with van der Waals surface area (Å²) in [5, 5.41) is 27.7. The molecule has 3 aromatic rings. The molecule has 0 saturated heterocycles. The van der Waals surface area contributed by atoms with Gasteiger partial charge in [-0.15, -0.1) is 0 Å². The third-order valence-corrected chi connectivity index (χ3v) is 13.8. The summed E-state index contributed by atoms with van der Waals surface area (Å²) in [5.74, 6) is 9.01. The predicted molar refractivity (Wildman–Crippen MR) is 238 cm³/mol.